The van der Waals surface area contributed by atoms with Gasteiger partial charge in [-0.05, 0) is 23.3 Å². The highest BCUT2D eigenvalue weighted by Gasteiger charge is 2.68. The Morgan fingerprint density at radius 1 is 1.20 bits per heavy atom. The van der Waals surface area contributed by atoms with Gasteiger partial charge in [0.15, 0.2) is 0 Å². The van der Waals surface area contributed by atoms with Crippen LogP contribution in [0.4, 0.5) is 0 Å². The zero-order chi connectivity index (χ0) is 15.2. The average Bonchev–Trinajstić information content (AvgIpc) is 2.80. The second-order valence-electron chi connectivity index (χ2n) is 7.27. The van der Waals surface area contributed by atoms with Gasteiger partial charge in [0.25, 0.3) is 0 Å². The van der Waals surface area contributed by atoms with Crippen molar-refractivity contribution < 1.29 is 4.79 Å². The second kappa shape index (κ2) is 4.59. The van der Waals surface area contributed by atoms with E-state index in [4.69, 9.17) is 5.73 Å². The molecule has 1 saturated carbocycles. The predicted octanol–water partition coefficient (Wildman–Crippen LogP) is 2.66. The van der Waals surface area contributed by atoms with E-state index in [2.05, 4.69) is 33.0 Å². The molecule has 110 valence electrons. The third-order valence-corrected chi connectivity index (χ3v) is 5.50. The number of benzene rings is 1. The molecule has 3 nitrogen and oxygen atoms in total. The van der Waals surface area contributed by atoms with E-state index in [1.807, 2.05) is 37.3 Å². The van der Waals surface area contributed by atoms with Gasteiger partial charge in [-0.15, -0.1) is 0 Å². The Balaban J connectivity index is 2.18. The minimum Gasteiger partial charge on any atom is -0.345 e. The summed E-state index contributed by atoms with van der Waals surface area (Å²) in [5, 5.41) is 3.17. The van der Waals surface area contributed by atoms with E-state index < -0.39 is 5.54 Å². The molecule has 0 aromatic heterocycles. The van der Waals surface area contributed by atoms with E-state index in [-0.39, 0.29) is 22.7 Å². The van der Waals surface area contributed by atoms with E-state index >= 15 is 0 Å². The van der Waals surface area contributed by atoms with Crippen molar-refractivity contribution >= 4 is 5.91 Å². The average molecular weight is 274 g/mol. The fourth-order valence-electron chi connectivity index (χ4n) is 3.24. The summed E-state index contributed by atoms with van der Waals surface area (Å²) in [5.41, 5.74) is 6.56. The highest BCUT2D eigenvalue weighted by molar-refractivity contribution is 5.85. The van der Waals surface area contributed by atoms with Crippen LogP contribution in [-0.2, 0) is 10.3 Å². The molecule has 1 unspecified atom stereocenters. The van der Waals surface area contributed by atoms with E-state index in [9.17, 15) is 4.79 Å². The molecule has 1 aromatic rings. The zero-order valence-electron chi connectivity index (χ0n) is 13.2. The highest BCUT2D eigenvalue weighted by atomic mass is 16.2. The fraction of sp³-hybridized carbons (Fsp3) is 0.588. The zero-order valence-corrected chi connectivity index (χ0v) is 13.2. The molecule has 3 heteroatoms. The maximum atomic E-state index is 12.6. The van der Waals surface area contributed by atoms with Crippen LogP contribution in [-0.4, -0.2) is 12.5 Å². The van der Waals surface area contributed by atoms with Crippen molar-refractivity contribution in [3.63, 3.8) is 0 Å². The van der Waals surface area contributed by atoms with E-state index in [0.29, 0.717) is 6.54 Å². The van der Waals surface area contributed by atoms with Crippen LogP contribution in [0.1, 0.15) is 40.2 Å². The summed E-state index contributed by atoms with van der Waals surface area (Å²) in [6, 6.07) is 9.93. The molecule has 0 radical (unpaired) electrons. The molecular formula is C17H26N2O. The first-order valence-corrected chi connectivity index (χ1v) is 7.24. The van der Waals surface area contributed by atoms with Crippen molar-refractivity contribution in [2.45, 2.75) is 40.2 Å². The van der Waals surface area contributed by atoms with Crippen LogP contribution in [0, 0.1) is 16.7 Å². The van der Waals surface area contributed by atoms with E-state index in [1.165, 1.54) is 0 Å². The predicted molar refractivity (Wildman–Crippen MR) is 82.0 cm³/mol. The summed E-state index contributed by atoms with van der Waals surface area (Å²) in [7, 11) is 0. The summed E-state index contributed by atoms with van der Waals surface area (Å²) < 4.78 is 0. The molecule has 1 aromatic carbocycles. The molecule has 20 heavy (non-hydrogen) atoms. The fourth-order valence-corrected chi connectivity index (χ4v) is 3.24. The molecule has 0 heterocycles. The summed E-state index contributed by atoms with van der Waals surface area (Å²) >= 11 is 0. The molecule has 1 aliphatic rings. The van der Waals surface area contributed by atoms with Gasteiger partial charge in [-0.1, -0.05) is 58.0 Å². The normalized spacial score (nSPS) is 22.9. The van der Waals surface area contributed by atoms with Gasteiger partial charge in [0.2, 0.25) is 5.91 Å². The van der Waals surface area contributed by atoms with Gasteiger partial charge in [0, 0.05) is 12.5 Å². The molecular weight excluding hydrogens is 248 g/mol. The number of carbonyl (C=O) groups excluding carboxylic acids is 1. The lowest BCUT2D eigenvalue weighted by atomic mass is 9.91. The van der Waals surface area contributed by atoms with Crippen molar-refractivity contribution in [3.05, 3.63) is 35.9 Å². The monoisotopic (exact) mass is 274 g/mol. The number of nitrogens with two attached hydrogens (primary N) is 1. The van der Waals surface area contributed by atoms with Gasteiger partial charge < -0.3 is 11.1 Å². The molecule has 1 atom stereocenters. The molecule has 0 saturated heterocycles. The van der Waals surface area contributed by atoms with Crippen LogP contribution >= 0.6 is 0 Å². The second-order valence-corrected chi connectivity index (χ2v) is 7.27. The smallest absolute Gasteiger partial charge is 0.224 e. The van der Waals surface area contributed by atoms with Gasteiger partial charge in [0.05, 0.1) is 5.54 Å². The van der Waals surface area contributed by atoms with Gasteiger partial charge in [0.1, 0.15) is 0 Å². The first-order valence-electron chi connectivity index (χ1n) is 7.24. The summed E-state index contributed by atoms with van der Waals surface area (Å²) in [5.74, 6) is 0.154. The number of hydrogen-bond donors (Lipinski definition) is 2. The van der Waals surface area contributed by atoms with Gasteiger partial charge >= 0.3 is 0 Å². The largest absolute Gasteiger partial charge is 0.345 e. The minimum atomic E-state index is -0.507. The van der Waals surface area contributed by atoms with Crippen LogP contribution in [0.5, 0.6) is 0 Å². The third kappa shape index (κ3) is 2.14. The molecule has 1 fully saturated rings. The maximum Gasteiger partial charge on any atom is 0.224 e. The summed E-state index contributed by atoms with van der Waals surface area (Å²) in [4.78, 5) is 12.6. The Morgan fingerprint density at radius 3 is 2.10 bits per heavy atom. The molecule has 1 amide bonds. The molecule has 2 rings (SSSR count). The lowest BCUT2D eigenvalue weighted by Gasteiger charge is -2.30. The summed E-state index contributed by atoms with van der Waals surface area (Å²) in [6.07, 6.45) is 0. The van der Waals surface area contributed by atoms with Crippen LogP contribution in [0.15, 0.2) is 30.3 Å². The Labute approximate surface area is 121 Å². The van der Waals surface area contributed by atoms with Gasteiger partial charge in [-0.25, -0.2) is 0 Å². The lowest BCUT2D eigenvalue weighted by molar-refractivity contribution is -0.125. The highest BCUT2D eigenvalue weighted by Crippen LogP contribution is 2.68. The Hall–Kier alpha value is -1.35. The van der Waals surface area contributed by atoms with Crippen molar-refractivity contribution in [2.75, 3.05) is 6.54 Å². The number of carbonyl (C=O) groups is 1. The van der Waals surface area contributed by atoms with Crippen LogP contribution in [0.25, 0.3) is 0 Å². The Kier molecular flexibility index (Phi) is 3.45. The quantitative estimate of drug-likeness (QED) is 0.887. The number of amides is 1. The first-order chi connectivity index (χ1) is 9.17. The molecule has 1 aliphatic carbocycles. The van der Waals surface area contributed by atoms with Crippen molar-refractivity contribution in [1.82, 2.24) is 5.32 Å². The summed E-state index contributed by atoms with van der Waals surface area (Å²) in [6.45, 7) is 11.0. The number of rotatable bonds is 4. The minimum absolute atomic E-state index is 0.0449. The van der Waals surface area contributed by atoms with Crippen LogP contribution < -0.4 is 11.1 Å². The van der Waals surface area contributed by atoms with Gasteiger partial charge in [-0.3, -0.25) is 4.79 Å². The van der Waals surface area contributed by atoms with E-state index in [1.54, 1.807) is 0 Å². The Bertz CT molecular complexity index is 493. The Morgan fingerprint density at radius 2 is 1.70 bits per heavy atom. The van der Waals surface area contributed by atoms with Crippen LogP contribution in [0.3, 0.4) is 0 Å². The van der Waals surface area contributed by atoms with E-state index in [0.717, 1.165) is 5.56 Å². The SMILES string of the molecule is CC(CN)(NC(=O)C1C(C)(C)C1(C)C)c1ccccc1. The molecule has 0 bridgehead atoms. The molecule has 3 N–H and O–H groups in total. The maximum absolute atomic E-state index is 12.6. The van der Waals surface area contributed by atoms with Crippen molar-refractivity contribution in [3.8, 4) is 0 Å². The third-order valence-electron chi connectivity index (χ3n) is 5.50. The van der Waals surface area contributed by atoms with Crippen LogP contribution in [0.2, 0.25) is 0 Å². The number of hydrogen-bond acceptors (Lipinski definition) is 2. The number of nitrogens with one attached hydrogen (secondary N) is 1. The van der Waals surface area contributed by atoms with Crippen molar-refractivity contribution in [1.29, 1.82) is 0 Å². The lowest BCUT2D eigenvalue weighted by Crippen LogP contribution is -2.49. The van der Waals surface area contributed by atoms with Crippen molar-refractivity contribution in [2.24, 2.45) is 22.5 Å². The van der Waals surface area contributed by atoms with Gasteiger partial charge in [-0.2, -0.15) is 0 Å². The molecule has 0 aliphatic heterocycles. The topological polar surface area (TPSA) is 55.1 Å². The first kappa shape index (κ1) is 15.0. The molecule has 0 spiro atoms. The standard InChI is InChI=1S/C17H26N2O/c1-15(2)13(16(15,3)4)14(20)19-17(5,11-18)12-9-7-6-8-10-12/h6-10,13H,11,18H2,1-5H3,(H,19,20).